The first kappa shape index (κ1) is 18.4. The summed E-state index contributed by atoms with van der Waals surface area (Å²) in [6, 6.07) is 16.4. The van der Waals surface area contributed by atoms with E-state index in [9.17, 15) is 4.79 Å². The van der Waals surface area contributed by atoms with E-state index in [4.69, 9.17) is 0 Å². The van der Waals surface area contributed by atoms with Gasteiger partial charge < -0.3 is 4.90 Å². The second-order valence-electron chi connectivity index (χ2n) is 7.68. The Morgan fingerprint density at radius 1 is 1.04 bits per heavy atom. The van der Waals surface area contributed by atoms with Gasteiger partial charge in [0.1, 0.15) is 0 Å². The van der Waals surface area contributed by atoms with E-state index in [2.05, 4.69) is 41.2 Å². The predicted molar refractivity (Wildman–Crippen MR) is 111 cm³/mol. The summed E-state index contributed by atoms with van der Waals surface area (Å²) in [6.07, 6.45) is 6.30. The van der Waals surface area contributed by atoms with Crippen molar-refractivity contribution in [2.45, 2.75) is 26.2 Å². The summed E-state index contributed by atoms with van der Waals surface area (Å²) in [4.78, 5) is 23.8. The number of benzene rings is 1. The van der Waals surface area contributed by atoms with Crippen molar-refractivity contribution in [3.8, 4) is 11.1 Å². The van der Waals surface area contributed by atoms with Crippen molar-refractivity contribution in [2.24, 2.45) is 5.92 Å². The van der Waals surface area contributed by atoms with Crippen LogP contribution in [0.1, 0.15) is 40.9 Å². The highest BCUT2D eigenvalue weighted by Gasteiger charge is 2.30. The summed E-state index contributed by atoms with van der Waals surface area (Å²) < 4.78 is 0. The molecule has 4 nitrogen and oxygen atoms in total. The molecule has 1 fully saturated rings. The van der Waals surface area contributed by atoms with E-state index in [-0.39, 0.29) is 5.91 Å². The Labute approximate surface area is 166 Å². The van der Waals surface area contributed by atoms with Crippen LogP contribution in [0.15, 0.2) is 67.1 Å². The van der Waals surface area contributed by atoms with E-state index in [1.807, 2.05) is 42.3 Å². The van der Waals surface area contributed by atoms with Crippen LogP contribution in [-0.4, -0.2) is 33.9 Å². The van der Waals surface area contributed by atoms with Crippen LogP contribution < -0.4 is 0 Å². The average Bonchev–Trinajstić information content (AvgIpc) is 2.75. The number of rotatable bonds is 3. The molecule has 0 N–H and O–H groups in total. The van der Waals surface area contributed by atoms with Crippen LogP contribution in [0, 0.1) is 12.8 Å². The first-order valence-corrected chi connectivity index (χ1v) is 9.84. The van der Waals surface area contributed by atoms with E-state index in [1.165, 1.54) is 5.56 Å². The van der Waals surface area contributed by atoms with Gasteiger partial charge in [-0.2, -0.15) is 0 Å². The predicted octanol–water partition coefficient (Wildman–Crippen LogP) is 4.72. The fourth-order valence-electron chi connectivity index (χ4n) is 3.92. The molecular formula is C24H25N3O. The van der Waals surface area contributed by atoms with Gasteiger partial charge in [0.2, 0.25) is 0 Å². The Bertz CT molecular complexity index is 953. The van der Waals surface area contributed by atoms with Gasteiger partial charge in [-0.1, -0.05) is 43.3 Å². The highest BCUT2D eigenvalue weighted by Crippen LogP contribution is 2.32. The maximum Gasteiger partial charge on any atom is 0.255 e. The van der Waals surface area contributed by atoms with Gasteiger partial charge in [-0.3, -0.25) is 14.8 Å². The molecule has 0 radical (unpaired) electrons. The van der Waals surface area contributed by atoms with Gasteiger partial charge in [0.25, 0.3) is 5.91 Å². The second-order valence-corrected chi connectivity index (χ2v) is 7.68. The Hall–Kier alpha value is -3.01. The van der Waals surface area contributed by atoms with Crippen LogP contribution in [0.3, 0.4) is 0 Å². The molecule has 0 bridgehead atoms. The number of amides is 1. The summed E-state index contributed by atoms with van der Waals surface area (Å²) in [6.45, 7) is 5.79. The van der Waals surface area contributed by atoms with Crippen molar-refractivity contribution < 1.29 is 4.79 Å². The van der Waals surface area contributed by atoms with Gasteiger partial charge in [-0.15, -0.1) is 0 Å². The van der Waals surface area contributed by atoms with Crippen molar-refractivity contribution in [3.63, 3.8) is 0 Å². The SMILES string of the molecule is Cc1ccc(-c2cncc(C(=O)N3CCC(C)C(c4ccccc4)C3)c2)cn1. The summed E-state index contributed by atoms with van der Waals surface area (Å²) in [7, 11) is 0. The first-order chi connectivity index (χ1) is 13.6. The lowest BCUT2D eigenvalue weighted by atomic mass is 9.82. The lowest BCUT2D eigenvalue weighted by molar-refractivity contribution is 0.0669. The molecule has 1 aromatic carbocycles. The molecule has 4 heteroatoms. The summed E-state index contributed by atoms with van der Waals surface area (Å²) in [5, 5.41) is 0. The molecule has 2 aromatic heterocycles. The zero-order valence-electron chi connectivity index (χ0n) is 16.4. The largest absolute Gasteiger partial charge is 0.338 e. The number of nitrogens with zero attached hydrogens (tertiary/aromatic N) is 3. The number of aryl methyl sites for hydroxylation is 1. The van der Waals surface area contributed by atoms with Crippen LogP contribution in [0.5, 0.6) is 0 Å². The fraction of sp³-hybridized carbons (Fsp3) is 0.292. The number of hydrogen-bond acceptors (Lipinski definition) is 3. The molecule has 1 aliphatic rings. The molecule has 4 rings (SSSR count). The molecule has 1 saturated heterocycles. The standard InChI is InChI=1S/C24H25N3O/c1-17-10-11-27(16-23(17)19-6-4-3-5-7-19)24(28)22-12-21(13-25-14-22)20-9-8-18(2)26-15-20/h3-9,12-15,17,23H,10-11,16H2,1-2H3. The fourth-order valence-corrected chi connectivity index (χ4v) is 3.92. The molecule has 0 saturated carbocycles. The molecule has 2 atom stereocenters. The van der Waals surface area contributed by atoms with Crippen molar-refractivity contribution in [2.75, 3.05) is 13.1 Å². The summed E-state index contributed by atoms with van der Waals surface area (Å²) >= 11 is 0. The molecule has 3 heterocycles. The molecule has 28 heavy (non-hydrogen) atoms. The third kappa shape index (κ3) is 3.81. The minimum atomic E-state index is 0.0576. The van der Waals surface area contributed by atoms with Crippen molar-refractivity contribution in [3.05, 3.63) is 83.9 Å². The minimum Gasteiger partial charge on any atom is -0.338 e. The molecule has 142 valence electrons. The van der Waals surface area contributed by atoms with Gasteiger partial charge >= 0.3 is 0 Å². The summed E-state index contributed by atoms with van der Waals surface area (Å²) in [5.74, 6) is 0.994. The molecule has 1 aliphatic heterocycles. The van der Waals surface area contributed by atoms with Gasteiger partial charge in [0.05, 0.1) is 5.56 Å². The minimum absolute atomic E-state index is 0.0576. The Morgan fingerprint density at radius 2 is 1.86 bits per heavy atom. The monoisotopic (exact) mass is 371 g/mol. The number of likely N-dealkylation sites (tertiary alicyclic amines) is 1. The third-order valence-electron chi connectivity index (χ3n) is 5.70. The van der Waals surface area contributed by atoms with Gasteiger partial charge in [-0.25, -0.2) is 0 Å². The number of carbonyl (C=O) groups is 1. The number of aromatic nitrogens is 2. The second kappa shape index (κ2) is 7.93. The quantitative estimate of drug-likeness (QED) is 0.669. The molecule has 0 spiro atoms. The van der Waals surface area contributed by atoms with Gasteiger partial charge in [-0.05, 0) is 37.0 Å². The molecule has 3 aromatic rings. The lowest BCUT2D eigenvalue weighted by Gasteiger charge is -2.37. The third-order valence-corrected chi connectivity index (χ3v) is 5.70. The van der Waals surface area contributed by atoms with E-state index in [0.717, 1.165) is 36.3 Å². The summed E-state index contributed by atoms with van der Waals surface area (Å²) in [5.41, 5.74) is 4.81. The average molecular weight is 371 g/mol. The zero-order valence-corrected chi connectivity index (χ0v) is 16.4. The number of carbonyl (C=O) groups excluding carboxylic acids is 1. The van der Waals surface area contributed by atoms with Gasteiger partial charge in [0.15, 0.2) is 0 Å². The topological polar surface area (TPSA) is 46.1 Å². The maximum atomic E-state index is 13.2. The van der Waals surface area contributed by atoms with Crippen LogP contribution in [0.4, 0.5) is 0 Å². The Morgan fingerprint density at radius 3 is 2.61 bits per heavy atom. The van der Waals surface area contributed by atoms with Crippen molar-refractivity contribution in [1.82, 2.24) is 14.9 Å². The van der Waals surface area contributed by atoms with Crippen LogP contribution in [-0.2, 0) is 0 Å². The highest BCUT2D eigenvalue weighted by molar-refractivity contribution is 5.95. The zero-order chi connectivity index (χ0) is 19.5. The van der Waals surface area contributed by atoms with E-state index >= 15 is 0 Å². The van der Waals surface area contributed by atoms with E-state index in [1.54, 1.807) is 12.4 Å². The highest BCUT2D eigenvalue weighted by atomic mass is 16.2. The van der Waals surface area contributed by atoms with Crippen molar-refractivity contribution >= 4 is 5.91 Å². The molecular weight excluding hydrogens is 346 g/mol. The Balaban J connectivity index is 1.56. The van der Waals surface area contributed by atoms with Crippen molar-refractivity contribution in [1.29, 1.82) is 0 Å². The lowest BCUT2D eigenvalue weighted by Crippen LogP contribution is -2.42. The van der Waals surface area contributed by atoms with Crippen LogP contribution in [0.25, 0.3) is 11.1 Å². The Kier molecular flexibility index (Phi) is 5.20. The number of pyridine rings is 2. The van der Waals surface area contributed by atoms with Gasteiger partial charge in [0, 0.05) is 54.4 Å². The molecule has 0 aliphatic carbocycles. The first-order valence-electron chi connectivity index (χ1n) is 9.84. The smallest absolute Gasteiger partial charge is 0.255 e. The van der Waals surface area contributed by atoms with Crippen LogP contribution in [0.2, 0.25) is 0 Å². The maximum absolute atomic E-state index is 13.2. The van der Waals surface area contributed by atoms with Crippen LogP contribution >= 0.6 is 0 Å². The number of hydrogen-bond donors (Lipinski definition) is 0. The molecule has 2 unspecified atom stereocenters. The molecule has 1 amide bonds. The number of piperidine rings is 1. The van der Waals surface area contributed by atoms with E-state index in [0.29, 0.717) is 17.4 Å². The van der Waals surface area contributed by atoms with E-state index < -0.39 is 0 Å². The normalized spacial score (nSPS) is 19.4.